The Hall–Kier alpha value is -1.05. The van der Waals surface area contributed by atoms with Crippen molar-refractivity contribution >= 4 is 0 Å². The van der Waals surface area contributed by atoms with Gasteiger partial charge in [0.25, 0.3) is 0 Å². The summed E-state index contributed by atoms with van der Waals surface area (Å²) in [4.78, 5) is 4.03. The van der Waals surface area contributed by atoms with E-state index in [1.165, 1.54) is 0 Å². The third kappa shape index (κ3) is 1.70. The smallest absolute Gasteiger partial charge is 0.210 e. The molecule has 0 aliphatic rings. The van der Waals surface area contributed by atoms with Crippen molar-refractivity contribution in [2.45, 2.75) is 26.7 Å². The van der Waals surface area contributed by atoms with Crippen LogP contribution >= 0.6 is 0 Å². The van der Waals surface area contributed by atoms with Crippen molar-refractivity contribution in [2.75, 3.05) is 0 Å². The summed E-state index contributed by atoms with van der Waals surface area (Å²) in [7, 11) is 0. The normalized spacial score (nSPS) is 10.5. The molecule has 60 valence electrons. The van der Waals surface area contributed by atoms with Crippen LogP contribution in [0.1, 0.15) is 31.0 Å². The molecule has 0 fully saturated rings. The van der Waals surface area contributed by atoms with E-state index in [2.05, 4.69) is 18.8 Å². The zero-order chi connectivity index (χ0) is 8.43. The molecule has 1 aromatic heterocycles. The number of rotatable bonds is 1. The molecule has 1 aromatic rings. The first-order chi connectivity index (χ1) is 5.11. The van der Waals surface area contributed by atoms with Gasteiger partial charge in [0, 0.05) is 11.8 Å². The number of aromatic nitrogens is 1. The summed E-state index contributed by atoms with van der Waals surface area (Å²) in [6.45, 7) is 6.13. The van der Waals surface area contributed by atoms with E-state index in [1.807, 2.05) is 13.0 Å². The monoisotopic (exact) mass is 151 g/mol. The van der Waals surface area contributed by atoms with Crippen molar-refractivity contribution in [1.29, 1.82) is 0 Å². The molecule has 0 aromatic carbocycles. The van der Waals surface area contributed by atoms with Crippen LogP contribution in [0.5, 0.6) is 5.88 Å². The predicted octanol–water partition coefficient (Wildman–Crippen LogP) is 2.22. The Labute approximate surface area is 66.9 Å². The first kappa shape index (κ1) is 8.05. The summed E-state index contributed by atoms with van der Waals surface area (Å²) < 4.78 is 0. The van der Waals surface area contributed by atoms with Crippen LogP contribution in [0.2, 0.25) is 0 Å². The highest BCUT2D eigenvalue weighted by Gasteiger charge is 2.04. The molecular formula is C9H13NO. The lowest BCUT2D eigenvalue weighted by Crippen LogP contribution is -1.95. The van der Waals surface area contributed by atoms with E-state index in [9.17, 15) is 0 Å². The van der Waals surface area contributed by atoms with Crippen molar-refractivity contribution in [1.82, 2.24) is 4.98 Å². The zero-order valence-electron chi connectivity index (χ0n) is 7.13. The number of aromatic hydroxyl groups is 1. The fourth-order valence-corrected chi connectivity index (χ4v) is 1.12. The minimum Gasteiger partial charge on any atom is -0.493 e. The fourth-order valence-electron chi connectivity index (χ4n) is 1.12. The second-order valence-corrected chi connectivity index (χ2v) is 3.03. The molecule has 2 nitrogen and oxygen atoms in total. The second-order valence-electron chi connectivity index (χ2n) is 3.03. The SMILES string of the molecule is Cc1ccc(O)nc1C(C)C. The van der Waals surface area contributed by atoms with E-state index in [1.54, 1.807) is 6.07 Å². The molecular weight excluding hydrogens is 138 g/mol. The standard InChI is InChI=1S/C9H13NO/c1-6(2)9-7(3)4-5-8(11)10-9/h4-6H,1-3H3,(H,10,11). The van der Waals surface area contributed by atoms with Gasteiger partial charge in [-0.2, -0.15) is 0 Å². The molecule has 0 radical (unpaired) electrons. The zero-order valence-corrected chi connectivity index (χ0v) is 7.13. The van der Waals surface area contributed by atoms with Crippen molar-refractivity contribution in [3.8, 4) is 5.88 Å². The lowest BCUT2D eigenvalue weighted by atomic mass is 10.1. The molecule has 0 amide bonds. The molecule has 1 N–H and O–H groups in total. The number of hydrogen-bond acceptors (Lipinski definition) is 2. The molecule has 0 bridgehead atoms. The van der Waals surface area contributed by atoms with E-state index in [4.69, 9.17) is 5.11 Å². The van der Waals surface area contributed by atoms with Gasteiger partial charge < -0.3 is 5.11 Å². The molecule has 0 aliphatic carbocycles. The van der Waals surface area contributed by atoms with Crippen LogP contribution in [-0.4, -0.2) is 10.1 Å². The molecule has 0 saturated carbocycles. The van der Waals surface area contributed by atoms with E-state index >= 15 is 0 Å². The quantitative estimate of drug-likeness (QED) is 0.667. The summed E-state index contributed by atoms with van der Waals surface area (Å²) in [5.41, 5.74) is 2.11. The van der Waals surface area contributed by atoms with Crippen LogP contribution < -0.4 is 0 Å². The van der Waals surface area contributed by atoms with Crippen molar-refractivity contribution in [3.63, 3.8) is 0 Å². The van der Waals surface area contributed by atoms with Gasteiger partial charge in [-0.15, -0.1) is 0 Å². The van der Waals surface area contributed by atoms with Crippen LogP contribution in [0.3, 0.4) is 0 Å². The molecule has 0 saturated heterocycles. The third-order valence-corrected chi connectivity index (χ3v) is 1.67. The van der Waals surface area contributed by atoms with Gasteiger partial charge in [0.2, 0.25) is 5.88 Å². The van der Waals surface area contributed by atoms with Gasteiger partial charge in [-0.3, -0.25) is 0 Å². The van der Waals surface area contributed by atoms with Crippen molar-refractivity contribution in [2.24, 2.45) is 0 Å². The van der Waals surface area contributed by atoms with Gasteiger partial charge in [-0.05, 0) is 18.4 Å². The first-order valence-corrected chi connectivity index (χ1v) is 3.77. The highest BCUT2D eigenvalue weighted by Crippen LogP contribution is 2.18. The van der Waals surface area contributed by atoms with Gasteiger partial charge >= 0.3 is 0 Å². The maximum atomic E-state index is 9.08. The Kier molecular flexibility index (Phi) is 2.13. The van der Waals surface area contributed by atoms with Crippen LogP contribution in [0.4, 0.5) is 0 Å². The number of aryl methyl sites for hydroxylation is 1. The Morgan fingerprint density at radius 3 is 2.45 bits per heavy atom. The van der Waals surface area contributed by atoms with Gasteiger partial charge in [-0.25, -0.2) is 4.98 Å². The highest BCUT2D eigenvalue weighted by atomic mass is 16.3. The summed E-state index contributed by atoms with van der Waals surface area (Å²) in [6, 6.07) is 3.50. The lowest BCUT2D eigenvalue weighted by molar-refractivity contribution is 0.449. The largest absolute Gasteiger partial charge is 0.493 e. The maximum Gasteiger partial charge on any atom is 0.210 e. The Morgan fingerprint density at radius 1 is 1.36 bits per heavy atom. The Bertz CT molecular complexity index is 256. The van der Waals surface area contributed by atoms with Gasteiger partial charge in [0.05, 0.1) is 0 Å². The van der Waals surface area contributed by atoms with Gasteiger partial charge in [0.1, 0.15) is 0 Å². The fraction of sp³-hybridized carbons (Fsp3) is 0.444. The first-order valence-electron chi connectivity index (χ1n) is 3.77. The van der Waals surface area contributed by atoms with Crippen LogP contribution in [0.25, 0.3) is 0 Å². The van der Waals surface area contributed by atoms with Gasteiger partial charge in [0.15, 0.2) is 0 Å². The van der Waals surface area contributed by atoms with Crippen LogP contribution in [0.15, 0.2) is 12.1 Å². The minimum absolute atomic E-state index is 0.110. The lowest BCUT2D eigenvalue weighted by Gasteiger charge is -2.07. The Morgan fingerprint density at radius 2 is 2.00 bits per heavy atom. The minimum atomic E-state index is 0.110. The second kappa shape index (κ2) is 2.91. The summed E-state index contributed by atoms with van der Waals surface area (Å²) in [6.07, 6.45) is 0. The Balaban J connectivity index is 3.13. The summed E-state index contributed by atoms with van der Waals surface area (Å²) in [5, 5.41) is 9.08. The number of hydrogen-bond donors (Lipinski definition) is 1. The third-order valence-electron chi connectivity index (χ3n) is 1.67. The van der Waals surface area contributed by atoms with E-state index < -0.39 is 0 Å². The number of pyridine rings is 1. The topological polar surface area (TPSA) is 33.1 Å². The molecule has 1 rings (SSSR count). The maximum absolute atomic E-state index is 9.08. The average Bonchev–Trinajstić information content (AvgIpc) is 1.94. The molecule has 11 heavy (non-hydrogen) atoms. The molecule has 0 spiro atoms. The highest BCUT2D eigenvalue weighted by molar-refractivity contribution is 5.25. The van der Waals surface area contributed by atoms with Crippen molar-refractivity contribution < 1.29 is 5.11 Å². The molecule has 0 atom stereocenters. The summed E-state index contributed by atoms with van der Waals surface area (Å²) in [5.74, 6) is 0.487. The van der Waals surface area contributed by atoms with E-state index in [0.29, 0.717) is 5.92 Å². The van der Waals surface area contributed by atoms with Crippen LogP contribution in [-0.2, 0) is 0 Å². The number of nitrogens with zero attached hydrogens (tertiary/aromatic N) is 1. The average molecular weight is 151 g/mol. The van der Waals surface area contributed by atoms with Crippen LogP contribution in [0, 0.1) is 6.92 Å². The van der Waals surface area contributed by atoms with E-state index in [0.717, 1.165) is 11.3 Å². The van der Waals surface area contributed by atoms with E-state index in [-0.39, 0.29) is 5.88 Å². The van der Waals surface area contributed by atoms with Gasteiger partial charge in [-0.1, -0.05) is 19.9 Å². The molecule has 2 heteroatoms. The molecule has 1 heterocycles. The predicted molar refractivity (Wildman–Crippen MR) is 44.7 cm³/mol. The summed E-state index contributed by atoms with van der Waals surface area (Å²) >= 11 is 0. The molecule has 0 unspecified atom stereocenters. The van der Waals surface area contributed by atoms with Crippen molar-refractivity contribution in [3.05, 3.63) is 23.4 Å². The molecule has 0 aliphatic heterocycles.